The van der Waals surface area contributed by atoms with Crippen molar-refractivity contribution >= 4 is 17.9 Å². The number of hydrogen-bond acceptors (Lipinski definition) is 6. The second kappa shape index (κ2) is 6.69. The highest BCUT2D eigenvalue weighted by Crippen LogP contribution is 2.30. The summed E-state index contributed by atoms with van der Waals surface area (Å²) < 4.78 is 0. The number of nitrogens with zero attached hydrogens (tertiary/aromatic N) is 2. The van der Waals surface area contributed by atoms with Crippen molar-refractivity contribution in [1.29, 1.82) is 0 Å². The molecular weight excluding hydrogens is 308 g/mol. The molecule has 3 aliphatic rings. The first-order valence-corrected chi connectivity index (χ1v) is 7.66. The molecule has 0 aromatic heterocycles. The van der Waals surface area contributed by atoms with Gasteiger partial charge in [-0.3, -0.25) is 14.5 Å². The Labute approximate surface area is 132 Å². The molecule has 3 rings (SSSR count). The largest absolute Gasteiger partial charge is 0.479 e. The maximum atomic E-state index is 12.3. The predicted octanol–water partition coefficient (Wildman–Crippen LogP) is -1.32. The highest BCUT2D eigenvalue weighted by Gasteiger charge is 2.48. The van der Waals surface area contributed by atoms with E-state index in [4.69, 9.17) is 14.8 Å². The highest BCUT2D eigenvalue weighted by atomic mass is 16.7. The second-order valence-corrected chi connectivity index (χ2v) is 5.89. The zero-order chi connectivity index (χ0) is 16.4. The number of piperidine rings is 1. The number of rotatable bonds is 7. The predicted molar refractivity (Wildman–Crippen MR) is 74.8 cm³/mol. The summed E-state index contributed by atoms with van der Waals surface area (Å²) in [6.07, 6.45) is 2.08. The van der Waals surface area contributed by atoms with Crippen LogP contribution in [0.5, 0.6) is 0 Å². The molecule has 10 heteroatoms. The third-order valence-electron chi connectivity index (χ3n) is 4.34. The molecule has 0 aromatic carbocycles. The van der Waals surface area contributed by atoms with E-state index in [0.717, 1.165) is 18.0 Å². The Balaban J connectivity index is 1.50. The van der Waals surface area contributed by atoms with Gasteiger partial charge in [0.2, 0.25) is 0 Å². The van der Waals surface area contributed by atoms with Crippen LogP contribution in [0.1, 0.15) is 19.3 Å². The van der Waals surface area contributed by atoms with Crippen LogP contribution in [0, 0.1) is 0 Å². The number of hydrogen-bond donors (Lipinski definition) is 3. The molecule has 0 unspecified atom stereocenters. The number of carbonyl (C=O) groups excluding carboxylic acids is 2. The Morgan fingerprint density at radius 3 is 2.78 bits per heavy atom. The number of fused-ring (bicyclic) bond motifs is 2. The SMILES string of the molecule is O=C(O)CON1C(=O)N2C[C@H]1CC[C@@H]2C(=O)NOC[C@H]1CCN1. The van der Waals surface area contributed by atoms with Crippen LogP contribution < -0.4 is 10.8 Å². The van der Waals surface area contributed by atoms with Gasteiger partial charge in [0.25, 0.3) is 5.91 Å². The zero-order valence-corrected chi connectivity index (χ0v) is 12.6. The molecule has 10 nitrogen and oxygen atoms in total. The van der Waals surface area contributed by atoms with Gasteiger partial charge in [0.1, 0.15) is 6.04 Å². The Kier molecular flexibility index (Phi) is 4.64. The molecule has 3 amide bonds. The van der Waals surface area contributed by atoms with Crippen LogP contribution in [0.2, 0.25) is 0 Å². The Bertz CT molecular complexity index is 497. The summed E-state index contributed by atoms with van der Waals surface area (Å²) in [5.41, 5.74) is 2.39. The van der Waals surface area contributed by atoms with E-state index in [2.05, 4.69) is 10.8 Å². The summed E-state index contributed by atoms with van der Waals surface area (Å²) in [7, 11) is 0. The lowest BCUT2D eigenvalue weighted by atomic mass is 10.0. The maximum Gasteiger partial charge on any atom is 0.345 e. The minimum absolute atomic E-state index is 0.217. The van der Waals surface area contributed by atoms with Gasteiger partial charge in [0, 0.05) is 12.6 Å². The number of hydroxylamine groups is 3. The topological polar surface area (TPSA) is 120 Å². The van der Waals surface area contributed by atoms with E-state index in [1.807, 2.05) is 0 Å². The fraction of sp³-hybridized carbons (Fsp3) is 0.769. The van der Waals surface area contributed by atoms with Gasteiger partial charge < -0.3 is 15.3 Å². The Morgan fingerprint density at radius 1 is 1.35 bits per heavy atom. The molecular formula is C13H20N4O6. The monoisotopic (exact) mass is 328 g/mol. The number of aliphatic carboxylic acids is 1. The molecule has 0 spiro atoms. The summed E-state index contributed by atoms with van der Waals surface area (Å²) in [6, 6.07) is -1.05. The second-order valence-electron chi connectivity index (χ2n) is 5.89. The lowest BCUT2D eigenvalue weighted by Gasteiger charge is -2.30. The van der Waals surface area contributed by atoms with Crippen molar-refractivity contribution in [3.63, 3.8) is 0 Å². The summed E-state index contributed by atoms with van der Waals surface area (Å²) in [4.78, 5) is 46.6. The average molecular weight is 328 g/mol. The average Bonchev–Trinajstić information content (AvgIpc) is 2.71. The molecule has 23 heavy (non-hydrogen) atoms. The third-order valence-corrected chi connectivity index (χ3v) is 4.34. The van der Waals surface area contributed by atoms with E-state index < -0.39 is 24.6 Å². The van der Waals surface area contributed by atoms with Crippen LogP contribution in [0.15, 0.2) is 0 Å². The smallest absolute Gasteiger partial charge is 0.345 e. The molecule has 0 radical (unpaired) electrons. The molecule has 2 bridgehead atoms. The van der Waals surface area contributed by atoms with Gasteiger partial charge in [-0.05, 0) is 25.8 Å². The summed E-state index contributed by atoms with van der Waals surface area (Å²) in [6.45, 7) is 1.12. The van der Waals surface area contributed by atoms with Crippen molar-refractivity contribution in [2.75, 3.05) is 26.3 Å². The van der Waals surface area contributed by atoms with Crippen LogP contribution in [-0.2, 0) is 19.3 Å². The minimum Gasteiger partial charge on any atom is -0.479 e. The first-order chi connectivity index (χ1) is 11.1. The van der Waals surface area contributed by atoms with Gasteiger partial charge in [0.05, 0.1) is 12.6 Å². The quantitative estimate of drug-likeness (QED) is 0.496. The molecule has 3 fully saturated rings. The van der Waals surface area contributed by atoms with Gasteiger partial charge in [-0.1, -0.05) is 0 Å². The molecule has 0 aromatic rings. The Hall–Kier alpha value is -1.91. The van der Waals surface area contributed by atoms with E-state index >= 15 is 0 Å². The highest BCUT2D eigenvalue weighted by molar-refractivity contribution is 5.88. The lowest BCUT2D eigenvalue weighted by molar-refractivity contribution is -0.167. The van der Waals surface area contributed by atoms with Crippen molar-refractivity contribution in [2.45, 2.75) is 37.4 Å². The van der Waals surface area contributed by atoms with Crippen LogP contribution in [-0.4, -0.2) is 77.4 Å². The zero-order valence-electron chi connectivity index (χ0n) is 12.6. The third kappa shape index (κ3) is 3.38. The number of carbonyl (C=O) groups is 3. The first-order valence-electron chi connectivity index (χ1n) is 7.66. The van der Waals surface area contributed by atoms with E-state index in [1.54, 1.807) is 0 Å². The van der Waals surface area contributed by atoms with Crippen molar-refractivity contribution in [1.82, 2.24) is 20.8 Å². The molecule has 0 saturated carbocycles. The maximum absolute atomic E-state index is 12.3. The minimum atomic E-state index is -1.15. The van der Waals surface area contributed by atoms with Gasteiger partial charge in [0.15, 0.2) is 6.61 Å². The van der Waals surface area contributed by atoms with E-state index in [0.29, 0.717) is 26.0 Å². The Morgan fingerprint density at radius 2 is 2.13 bits per heavy atom. The molecule has 3 N–H and O–H groups in total. The van der Waals surface area contributed by atoms with Gasteiger partial charge in [-0.15, -0.1) is 0 Å². The normalized spacial score (nSPS) is 29.4. The molecule has 128 valence electrons. The molecule has 3 atom stereocenters. The van der Waals surface area contributed by atoms with Gasteiger partial charge in [-0.2, -0.15) is 5.06 Å². The molecule has 3 heterocycles. The lowest BCUT2D eigenvalue weighted by Crippen LogP contribution is -2.51. The van der Waals surface area contributed by atoms with Crippen LogP contribution in [0.25, 0.3) is 0 Å². The number of amides is 3. The van der Waals surface area contributed by atoms with E-state index in [9.17, 15) is 14.4 Å². The van der Waals surface area contributed by atoms with Gasteiger partial charge in [-0.25, -0.2) is 15.1 Å². The van der Waals surface area contributed by atoms with Crippen molar-refractivity contribution in [2.24, 2.45) is 0 Å². The fourth-order valence-electron chi connectivity index (χ4n) is 2.97. The number of carboxylic acid groups (broad SMARTS) is 1. The standard InChI is InChI=1S/C13H20N4O6/c18-11(19)7-23-17-9-1-2-10(16(5-9)13(17)21)12(20)15-22-6-8-3-4-14-8/h8-10,14H,1-7H2,(H,15,20)(H,18,19)/t8-,9-,10-/m1/s1. The molecule has 0 aliphatic carbocycles. The van der Waals surface area contributed by atoms with Gasteiger partial charge >= 0.3 is 12.0 Å². The number of carboxylic acids is 1. The summed E-state index contributed by atoms with van der Waals surface area (Å²) in [5.74, 6) is -1.52. The first kappa shape index (κ1) is 16.0. The van der Waals surface area contributed by atoms with E-state index in [-0.39, 0.29) is 18.0 Å². The molecule has 3 saturated heterocycles. The number of nitrogens with one attached hydrogen (secondary N) is 2. The molecule has 3 aliphatic heterocycles. The van der Waals surface area contributed by atoms with Crippen LogP contribution >= 0.6 is 0 Å². The number of urea groups is 1. The van der Waals surface area contributed by atoms with Crippen molar-refractivity contribution < 1.29 is 29.2 Å². The van der Waals surface area contributed by atoms with Crippen molar-refractivity contribution in [3.8, 4) is 0 Å². The fourth-order valence-corrected chi connectivity index (χ4v) is 2.97. The van der Waals surface area contributed by atoms with Crippen LogP contribution in [0.4, 0.5) is 4.79 Å². The summed E-state index contributed by atoms with van der Waals surface area (Å²) >= 11 is 0. The van der Waals surface area contributed by atoms with Crippen molar-refractivity contribution in [3.05, 3.63) is 0 Å². The van der Waals surface area contributed by atoms with E-state index in [1.165, 1.54) is 4.90 Å². The summed E-state index contributed by atoms with van der Waals surface area (Å²) in [5, 5.41) is 12.9. The van der Waals surface area contributed by atoms with Crippen LogP contribution in [0.3, 0.4) is 0 Å².